The Morgan fingerprint density at radius 3 is 1.83 bits per heavy atom. The first-order chi connectivity index (χ1) is 14.7. The van der Waals surface area contributed by atoms with E-state index in [1.807, 2.05) is 0 Å². The molecule has 0 aliphatic carbocycles. The smallest absolute Gasteiger partial charge is 0.363 e. The van der Waals surface area contributed by atoms with Crippen molar-refractivity contribution in [1.29, 1.82) is 0 Å². The molecule has 0 radical (unpaired) electrons. The molecule has 1 aromatic heterocycles. The van der Waals surface area contributed by atoms with Crippen LogP contribution in [0.2, 0.25) is 0 Å². The number of aryl methyl sites for hydroxylation is 1. The molecule has 0 bridgehead atoms. The number of hydrogen-bond acceptors (Lipinski definition) is 3. The molecule has 0 saturated carbocycles. The highest BCUT2D eigenvalue weighted by atomic mass is 32.1. The summed E-state index contributed by atoms with van der Waals surface area (Å²) in [6.07, 6.45) is 20.8. The number of fused-ring (bicyclic) bond motifs is 1. The van der Waals surface area contributed by atoms with Crippen molar-refractivity contribution < 1.29 is 8.83 Å². The van der Waals surface area contributed by atoms with Gasteiger partial charge in [-0.1, -0.05) is 116 Å². The summed E-state index contributed by atoms with van der Waals surface area (Å²) in [5, 5.41) is 0. The molecule has 1 unspecified atom stereocenters. The van der Waals surface area contributed by atoms with Gasteiger partial charge in [0.25, 0.3) is 0 Å². The van der Waals surface area contributed by atoms with Crippen LogP contribution >= 0.6 is 12.2 Å². The first kappa shape index (κ1) is 25.2. The Bertz CT molecular complexity index is 758. The Morgan fingerprint density at radius 2 is 1.23 bits per heavy atom. The standard InChI is InChI=1S/C27H44O2S/c1-4-7-9-10-11-12-13-14-15-16-18-23-19-20-24(21-22(6-3)17-8-5-2)26-25(23)28-27(30)29-26/h19-20,22H,4-18,21H2,1-3H3. The zero-order valence-corrected chi connectivity index (χ0v) is 20.6. The molecule has 2 nitrogen and oxygen atoms in total. The minimum absolute atomic E-state index is 0.267. The van der Waals surface area contributed by atoms with Crippen molar-refractivity contribution in [1.82, 2.24) is 0 Å². The van der Waals surface area contributed by atoms with E-state index >= 15 is 0 Å². The van der Waals surface area contributed by atoms with Crippen LogP contribution in [0.4, 0.5) is 0 Å². The summed E-state index contributed by atoms with van der Waals surface area (Å²) >= 11 is 5.23. The van der Waals surface area contributed by atoms with Crippen molar-refractivity contribution in [2.45, 2.75) is 124 Å². The monoisotopic (exact) mass is 432 g/mol. The number of benzene rings is 1. The lowest BCUT2D eigenvalue weighted by Crippen LogP contribution is -2.04. The van der Waals surface area contributed by atoms with Gasteiger partial charge in [-0.25, -0.2) is 0 Å². The topological polar surface area (TPSA) is 26.3 Å². The van der Waals surface area contributed by atoms with E-state index in [-0.39, 0.29) is 4.90 Å². The third kappa shape index (κ3) is 8.57. The van der Waals surface area contributed by atoms with Crippen LogP contribution in [0.25, 0.3) is 11.2 Å². The van der Waals surface area contributed by atoms with E-state index in [9.17, 15) is 0 Å². The van der Waals surface area contributed by atoms with Gasteiger partial charge in [0.2, 0.25) is 0 Å². The van der Waals surface area contributed by atoms with Crippen LogP contribution in [-0.4, -0.2) is 0 Å². The van der Waals surface area contributed by atoms with Crippen LogP contribution in [0.1, 0.15) is 122 Å². The summed E-state index contributed by atoms with van der Waals surface area (Å²) < 4.78 is 11.7. The average Bonchev–Trinajstić information content (AvgIpc) is 3.15. The fourth-order valence-corrected chi connectivity index (χ4v) is 4.64. The Morgan fingerprint density at radius 1 is 0.700 bits per heavy atom. The third-order valence-corrected chi connectivity index (χ3v) is 6.66. The highest BCUT2D eigenvalue weighted by Gasteiger charge is 2.16. The Hall–Kier alpha value is -1.09. The quantitative estimate of drug-likeness (QED) is 0.184. The summed E-state index contributed by atoms with van der Waals surface area (Å²) in [5.41, 5.74) is 4.33. The number of rotatable bonds is 17. The van der Waals surface area contributed by atoms with Crippen molar-refractivity contribution in [3.8, 4) is 0 Å². The minimum Gasteiger partial charge on any atom is -0.413 e. The predicted octanol–water partition coefficient (Wildman–Crippen LogP) is 9.98. The van der Waals surface area contributed by atoms with E-state index in [2.05, 4.69) is 32.9 Å². The lowest BCUT2D eigenvalue weighted by Gasteiger charge is -2.14. The molecular weight excluding hydrogens is 388 g/mol. The fraction of sp³-hybridized carbons (Fsp3) is 0.741. The van der Waals surface area contributed by atoms with E-state index in [0.717, 1.165) is 24.0 Å². The zero-order chi connectivity index (χ0) is 21.6. The summed E-state index contributed by atoms with van der Waals surface area (Å²) in [5.74, 6) is 0.708. The molecule has 0 aliphatic heterocycles. The van der Waals surface area contributed by atoms with Gasteiger partial charge < -0.3 is 8.83 Å². The van der Waals surface area contributed by atoms with Crippen LogP contribution in [0.5, 0.6) is 0 Å². The van der Waals surface area contributed by atoms with Gasteiger partial charge in [0.15, 0.2) is 11.2 Å². The number of hydrogen-bond donors (Lipinski definition) is 0. The van der Waals surface area contributed by atoms with Crippen molar-refractivity contribution in [2.75, 3.05) is 0 Å². The Labute approximate surface area is 189 Å². The van der Waals surface area contributed by atoms with Crippen molar-refractivity contribution in [3.05, 3.63) is 28.2 Å². The van der Waals surface area contributed by atoms with Crippen molar-refractivity contribution >= 4 is 23.4 Å². The molecule has 0 saturated heterocycles. The maximum atomic E-state index is 5.84. The van der Waals surface area contributed by atoms with Crippen LogP contribution in [-0.2, 0) is 12.8 Å². The second-order valence-corrected chi connectivity index (χ2v) is 9.38. The molecular formula is C27H44O2S. The number of unbranched alkanes of at least 4 members (excludes halogenated alkanes) is 10. The Balaban J connectivity index is 1.83. The second kappa shape index (κ2) is 14.8. The van der Waals surface area contributed by atoms with Crippen LogP contribution in [0.3, 0.4) is 0 Å². The molecule has 30 heavy (non-hydrogen) atoms. The lowest BCUT2D eigenvalue weighted by atomic mass is 9.91. The van der Waals surface area contributed by atoms with Gasteiger partial charge >= 0.3 is 4.90 Å². The maximum Gasteiger partial charge on any atom is 0.363 e. The maximum absolute atomic E-state index is 5.84. The molecule has 0 spiro atoms. The molecule has 1 aromatic carbocycles. The Kier molecular flexibility index (Phi) is 12.4. The molecule has 3 heteroatoms. The van der Waals surface area contributed by atoms with E-state index in [1.165, 1.54) is 101 Å². The molecule has 0 N–H and O–H groups in total. The van der Waals surface area contributed by atoms with Gasteiger partial charge in [-0.2, -0.15) is 0 Å². The van der Waals surface area contributed by atoms with Gasteiger partial charge in [-0.15, -0.1) is 0 Å². The molecule has 0 amide bonds. The molecule has 1 atom stereocenters. The third-order valence-electron chi connectivity index (χ3n) is 6.50. The van der Waals surface area contributed by atoms with E-state index < -0.39 is 0 Å². The van der Waals surface area contributed by atoms with Crippen LogP contribution < -0.4 is 0 Å². The largest absolute Gasteiger partial charge is 0.413 e. The van der Waals surface area contributed by atoms with Gasteiger partial charge in [0.05, 0.1) is 0 Å². The first-order valence-electron chi connectivity index (χ1n) is 12.7. The van der Waals surface area contributed by atoms with Crippen molar-refractivity contribution in [3.63, 3.8) is 0 Å². The van der Waals surface area contributed by atoms with E-state index in [4.69, 9.17) is 21.1 Å². The van der Waals surface area contributed by atoms with Crippen molar-refractivity contribution in [2.24, 2.45) is 5.92 Å². The fourth-order valence-electron chi connectivity index (χ4n) is 4.47. The predicted molar refractivity (Wildman–Crippen MR) is 132 cm³/mol. The summed E-state index contributed by atoms with van der Waals surface area (Å²) in [6, 6.07) is 4.52. The van der Waals surface area contributed by atoms with Crippen LogP contribution in [0, 0.1) is 10.8 Å². The first-order valence-corrected chi connectivity index (χ1v) is 13.1. The zero-order valence-electron chi connectivity index (χ0n) is 19.8. The molecule has 2 aromatic rings. The summed E-state index contributed by atoms with van der Waals surface area (Å²) in [4.78, 5) is 0.267. The normalized spacial score (nSPS) is 12.6. The average molecular weight is 433 g/mol. The summed E-state index contributed by atoms with van der Waals surface area (Å²) in [6.45, 7) is 6.84. The van der Waals surface area contributed by atoms with Gasteiger partial charge in [-0.05, 0) is 36.3 Å². The molecule has 0 fully saturated rings. The van der Waals surface area contributed by atoms with E-state index in [1.54, 1.807) is 0 Å². The molecule has 0 aliphatic rings. The highest BCUT2D eigenvalue weighted by Crippen LogP contribution is 2.30. The SMILES string of the molecule is CCCCCCCCCCCCc1ccc(CC(CC)CCCC)c2oc(=S)oc12. The van der Waals surface area contributed by atoms with Gasteiger partial charge in [-0.3, -0.25) is 0 Å². The summed E-state index contributed by atoms with van der Waals surface area (Å²) in [7, 11) is 0. The van der Waals surface area contributed by atoms with Crippen LogP contribution in [0.15, 0.2) is 21.0 Å². The van der Waals surface area contributed by atoms with Gasteiger partial charge in [0.1, 0.15) is 0 Å². The van der Waals surface area contributed by atoms with E-state index in [0.29, 0.717) is 5.92 Å². The minimum atomic E-state index is 0.267. The highest BCUT2D eigenvalue weighted by molar-refractivity contribution is 7.71. The molecule has 1 heterocycles. The van der Waals surface area contributed by atoms with Gasteiger partial charge in [0, 0.05) is 12.2 Å². The second-order valence-electron chi connectivity index (χ2n) is 9.05. The molecule has 170 valence electrons. The molecule has 2 rings (SSSR count). The lowest BCUT2D eigenvalue weighted by molar-refractivity contribution is 0.434.